The van der Waals surface area contributed by atoms with Gasteiger partial charge in [0.1, 0.15) is 16.9 Å². The number of pyridine rings is 1. The first-order valence-electron chi connectivity index (χ1n) is 5.45. The maximum Gasteiger partial charge on any atom is 0.313 e. The zero-order chi connectivity index (χ0) is 15.6. The van der Waals surface area contributed by atoms with E-state index in [4.69, 9.17) is 39.5 Å². The first-order valence-corrected chi connectivity index (χ1v) is 7.38. The summed E-state index contributed by atoms with van der Waals surface area (Å²) in [6.45, 7) is 0.00404. The topological polar surface area (TPSA) is 65.3 Å². The maximum absolute atomic E-state index is 11.0. The van der Waals surface area contributed by atoms with Crippen LogP contribution < -0.4 is 4.74 Å². The van der Waals surface area contributed by atoms with Crippen molar-refractivity contribution in [1.82, 2.24) is 4.98 Å². The lowest BCUT2D eigenvalue weighted by Crippen LogP contribution is -2.01. The summed E-state index contributed by atoms with van der Waals surface area (Å²) in [5.41, 5.74) is 0.310. The van der Waals surface area contributed by atoms with E-state index in [-0.39, 0.29) is 33.4 Å². The summed E-state index contributed by atoms with van der Waals surface area (Å²) in [7, 11) is 0. The minimum Gasteiger partial charge on any atom is -0.481 e. The molecule has 21 heavy (non-hydrogen) atoms. The van der Waals surface area contributed by atoms with Crippen LogP contribution in [0.1, 0.15) is 5.56 Å². The van der Waals surface area contributed by atoms with Gasteiger partial charge in [-0.15, -0.1) is 0 Å². The van der Waals surface area contributed by atoms with Crippen molar-refractivity contribution < 1.29 is 9.66 Å². The van der Waals surface area contributed by atoms with Crippen LogP contribution >= 0.6 is 50.7 Å². The normalized spacial score (nSPS) is 10.5. The maximum atomic E-state index is 11.0. The molecule has 1 aromatic carbocycles. The fraction of sp³-hybridized carbons (Fsp3) is 0.0833. The molecule has 0 amide bonds. The molecule has 0 fully saturated rings. The van der Waals surface area contributed by atoms with E-state index in [1.807, 2.05) is 0 Å². The third kappa shape index (κ3) is 3.97. The molecule has 0 saturated heterocycles. The second kappa shape index (κ2) is 6.79. The minimum atomic E-state index is -0.576. The fourth-order valence-corrected chi connectivity index (χ4v) is 2.83. The molecule has 2 rings (SSSR count). The van der Waals surface area contributed by atoms with Crippen molar-refractivity contribution in [2.45, 2.75) is 6.61 Å². The molecule has 0 saturated carbocycles. The van der Waals surface area contributed by atoms with Crippen LogP contribution in [0.5, 0.6) is 5.75 Å². The molecule has 110 valence electrons. The smallest absolute Gasteiger partial charge is 0.313 e. The molecular formula is C12H6BrCl3N2O3. The summed E-state index contributed by atoms with van der Waals surface area (Å²) in [5.74, 6) is 0.0652. The third-order valence-corrected chi connectivity index (χ3v) is 3.79. The number of hydrogen-bond acceptors (Lipinski definition) is 4. The second-order valence-corrected chi connectivity index (χ2v) is 5.90. The van der Waals surface area contributed by atoms with Crippen LogP contribution in [-0.2, 0) is 6.61 Å². The van der Waals surface area contributed by atoms with Crippen LogP contribution in [0.4, 0.5) is 5.69 Å². The number of benzene rings is 1. The highest BCUT2D eigenvalue weighted by Gasteiger charge is 2.20. The largest absolute Gasteiger partial charge is 0.481 e. The van der Waals surface area contributed by atoms with Crippen molar-refractivity contribution in [2.75, 3.05) is 0 Å². The van der Waals surface area contributed by atoms with Crippen LogP contribution in [0.3, 0.4) is 0 Å². The van der Waals surface area contributed by atoms with Crippen LogP contribution in [0.2, 0.25) is 15.3 Å². The van der Waals surface area contributed by atoms with E-state index < -0.39 is 4.92 Å². The molecule has 0 bridgehead atoms. The van der Waals surface area contributed by atoms with E-state index in [1.54, 1.807) is 12.1 Å². The van der Waals surface area contributed by atoms with Crippen molar-refractivity contribution in [2.24, 2.45) is 0 Å². The molecule has 0 atom stereocenters. The Bertz CT molecular complexity index is 712. The van der Waals surface area contributed by atoms with Gasteiger partial charge in [-0.25, -0.2) is 4.98 Å². The van der Waals surface area contributed by atoms with Gasteiger partial charge >= 0.3 is 5.69 Å². The molecule has 0 spiro atoms. The monoisotopic (exact) mass is 410 g/mol. The molecule has 0 unspecified atom stereocenters. The van der Waals surface area contributed by atoms with Crippen LogP contribution in [0, 0.1) is 10.1 Å². The van der Waals surface area contributed by atoms with E-state index >= 15 is 0 Å². The highest BCUT2D eigenvalue weighted by Crippen LogP contribution is 2.38. The molecule has 2 aromatic rings. The summed E-state index contributed by atoms with van der Waals surface area (Å²) in [6, 6.07) is 5.90. The van der Waals surface area contributed by atoms with Crippen LogP contribution in [0.15, 0.2) is 28.7 Å². The number of aromatic nitrogens is 1. The Labute approximate surface area is 143 Å². The van der Waals surface area contributed by atoms with Crippen LogP contribution in [-0.4, -0.2) is 9.91 Å². The van der Waals surface area contributed by atoms with Crippen molar-refractivity contribution in [1.29, 1.82) is 0 Å². The molecule has 1 heterocycles. The number of rotatable bonds is 4. The zero-order valence-corrected chi connectivity index (χ0v) is 14.0. The average molecular weight is 412 g/mol. The summed E-state index contributed by atoms with van der Waals surface area (Å²) >= 11 is 20.6. The van der Waals surface area contributed by atoms with Gasteiger partial charge in [0, 0.05) is 16.7 Å². The van der Waals surface area contributed by atoms with E-state index in [0.29, 0.717) is 10.0 Å². The van der Waals surface area contributed by atoms with Gasteiger partial charge in [-0.05, 0) is 34.1 Å². The molecule has 5 nitrogen and oxygen atoms in total. The molecule has 0 aliphatic heterocycles. The molecule has 0 N–H and O–H groups in total. The van der Waals surface area contributed by atoms with Gasteiger partial charge in [0.05, 0.1) is 9.40 Å². The lowest BCUT2D eigenvalue weighted by Gasteiger charge is -2.10. The lowest BCUT2D eigenvalue weighted by atomic mass is 10.3. The second-order valence-electron chi connectivity index (χ2n) is 3.87. The van der Waals surface area contributed by atoms with Gasteiger partial charge in [0.15, 0.2) is 0 Å². The number of halogens is 4. The van der Waals surface area contributed by atoms with E-state index in [1.165, 1.54) is 12.1 Å². The highest BCUT2D eigenvalue weighted by atomic mass is 79.9. The zero-order valence-electron chi connectivity index (χ0n) is 10.1. The third-order valence-electron chi connectivity index (χ3n) is 2.45. The molecule has 0 radical (unpaired) electrons. The van der Waals surface area contributed by atoms with E-state index in [2.05, 4.69) is 20.9 Å². The van der Waals surface area contributed by atoms with Gasteiger partial charge in [-0.2, -0.15) is 0 Å². The van der Waals surface area contributed by atoms with Gasteiger partial charge in [-0.1, -0.05) is 34.8 Å². The van der Waals surface area contributed by atoms with Gasteiger partial charge in [0.25, 0.3) is 0 Å². The van der Waals surface area contributed by atoms with Crippen molar-refractivity contribution in [3.63, 3.8) is 0 Å². The summed E-state index contributed by atoms with van der Waals surface area (Å²) in [6.07, 6.45) is 0. The molecule has 0 aliphatic rings. The van der Waals surface area contributed by atoms with Crippen LogP contribution in [0.25, 0.3) is 0 Å². The Morgan fingerprint density at radius 1 is 1.29 bits per heavy atom. The number of nitro groups is 1. The highest BCUT2D eigenvalue weighted by molar-refractivity contribution is 9.10. The van der Waals surface area contributed by atoms with E-state index in [0.717, 1.165) is 0 Å². The van der Waals surface area contributed by atoms with Gasteiger partial charge < -0.3 is 4.74 Å². The Kier molecular flexibility index (Phi) is 5.27. The number of hydrogen-bond donors (Lipinski definition) is 0. The Morgan fingerprint density at radius 3 is 2.62 bits per heavy atom. The van der Waals surface area contributed by atoms with E-state index in [9.17, 15) is 10.1 Å². The van der Waals surface area contributed by atoms with Gasteiger partial charge in [0.2, 0.25) is 5.75 Å². The Balaban J connectivity index is 2.29. The standard InChI is InChI=1S/C12H6BrCl3N2O3/c13-8-3-7(14)4-9(18(19)20)11(8)21-5-6-1-2-10(15)17-12(6)16/h1-4H,5H2. The fourth-order valence-electron chi connectivity index (χ4n) is 1.52. The first kappa shape index (κ1) is 16.3. The molecule has 1 aromatic heterocycles. The summed E-state index contributed by atoms with van der Waals surface area (Å²) in [5, 5.41) is 11.7. The average Bonchev–Trinajstić information content (AvgIpc) is 2.38. The quantitative estimate of drug-likeness (QED) is 0.389. The molecular weight excluding hydrogens is 406 g/mol. The van der Waals surface area contributed by atoms with Crippen molar-refractivity contribution >= 4 is 56.4 Å². The molecule has 9 heteroatoms. The SMILES string of the molecule is O=[N+]([O-])c1cc(Cl)cc(Br)c1OCc1ccc(Cl)nc1Cl. The number of nitrogens with zero attached hydrogens (tertiary/aromatic N) is 2. The minimum absolute atomic E-state index is 0.00404. The van der Waals surface area contributed by atoms with Crippen molar-refractivity contribution in [3.8, 4) is 5.75 Å². The molecule has 0 aliphatic carbocycles. The first-order chi connectivity index (χ1) is 9.88. The summed E-state index contributed by atoms with van der Waals surface area (Å²) in [4.78, 5) is 14.3. The van der Waals surface area contributed by atoms with Crippen molar-refractivity contribution in [3.05, 3.63) is 59.7 Å². The Hall–Kier alpha value is -1.08. The Morgan fingerprint density at radius 2 is 2.00 bits per heavy atom. The van der Waals surface area contributed by atoms with Gasteiger partial charge in [-0.3, -0.25) is 10.1 Å². The predicted molar refractivity (Wildman–Crippen MR) is 84.4 cm³/mol. The lowest BCUT2D eigenvalue weighted by molar-refractivity contribution is -0.386. The number of nitro benzene ring substituents is 1. The number of ether oxygens (including phenoxy) is 1. The predicted octanol–water partition coefficient (Wildman–Crippen LogP) is 5.29. The summed E-state index contributed by atoms with van der Waals surface area (Å²) < 4.78 is 5.85.